The van der Waals surface area contributed by atoms with Crippen molar-refractivity contribution in [3.63, 3.8) is 0 Å². The van der Waals surface area contributed by atoms with Gasteiger partial charge in [-0.15, -0.1) is 0 Å². The minimum absolute atomic E-state index is 0.620. The molecule has 5 nitrogen and oxygen atoms in total. The van der Waals surface area contributed by atoms with Crippen molar-refractivity contribution in [3.8, 4) is 0 Å². The van der Waals surface area contributed by atoms with Gasteiger partial charge in [-0.2, -0.15) is 0 Å². The van der Waals surface area contributed by atoms with Gasteiger partial charge in [0, 0.05) is 19.1 Å². The van der Waals surface area contributed by atoms with E-state index in [0.717, 1.165) is 31.7 Å². The molecular formula is C12H21N5. The molecule has 5 heteroatoms. The van der Waals surface area contributed by atoms with Crippen molar-refractivity contribution in [2.75, 3.05) is 43.6 Å². The summed E-state index contributed by atoms with van der Waals surface area (Å²) in [6, 6.07) is 2.45. The van der Waals surface area contributed by atoms with Gasteiger partial charge in [0.15, 0.2) is 5.82 Å². The van der Waals surface area contributed by atoms with Gasteiger partial charge in [-0.1, -0.05) is 0 Å². The van der Waals surface area contributed by atoms with Gasteiger partial charge < -0.3 is 21.3 Å². The maximum absolute atomic E-state index is 5.95. The van der Waals surface area contributed by atoms with E-state index >= 15 is 0 Å². The Hall–Kier alpha value is -1.49. The van der Waals surface area contributed by atoms with Gasteiger partial charge in [0.25, 0.3) is 0 Å². The van der Waals surface area contributed by atoms with E-state index in [1.54, 1.807) is 12.3 Å². The van der Waals surface area contributed by atoms with Crippen LogP contribution in [-0.4, -0.2) is 43.1 Å². The average Bonchev–Trinajstić information content (AvgIpc) is 2.29. The van der Waals surface area contributed by atoms with E-state index in [0.29, 0.717) is 17.4 Å². The Morgan fingerprint density at radius 2 is 1.94 bits per heavy atom. The molecular weight excluding hydrogens is 214 g/mol. The molecule has 94 valence electrons. The summed E-state index contributed by atoms with van der Waals surface area (Å²) >= 11 is 0. The summed E-state index contributed by atoms with van der Waals surface area (Å²) in [5.41, 5.74) is 12.9. The van der Waals surface area contributed by atoms with Gasteiger partial charge >= 0.3 is 0 Å². The van der Waals surface area contributed by atoms with Crippen LogP contribution in [0.5, 0.6) is 0 Å². The van der Waals surface area contributed by atoms with E-state index in [9.17, 15) is 0 Å². The van der Waals surface area contributed by atoms with Gasteiger partial charge in [0.1, 0.15) is 0 Å². The third-order valence-corrected chi connectivity index (χ3v) is 3.41. The summed E-state index contributed by atoms with van der Waals surface area (Å²) in [5.74, 6) is 0.872. The van der Waals surface area contributed by atoms with Crippen molar-refractivity contribution in [1.82, 2.24) is 9.88 Å². The maximum atomic E-state index is 5.95. The normalized spacial score (nSPS) is 17.7. The molecule has 17 heavy (non-hydrogen) atoms. The summed E-state index contributed by atoms with van der Waals surface area (Å²) in [6.07, 6.45) is 3.97. The lowest BCUT2D eigenvalue weighted by Gasteiger charge is -2.36. The van der Waals surface area contributed by atoms with Crippen LogP contribution < -0.4 is 16.4 Å². The van der Waals surface area contributed by atoms with Crippen LogP contribution in [0.2, 0.25) is 0 Å². The van der Waals surface area contributed by atoms with E-state index in [4.69, 9.17) is 11.5 Å². The van der Waals surface area contributed by atoms with Crippen LogP contribution in [0.15, 0.2) is 12.3 Å². The van der Waals surface area contributed by atoms with Gasteiger partial charge in [-0.05, 0) is 33.0 Å². The number of piperidine rings is 1. The maximum Gasteiger partial charge on any atom is 0.151 e. The second-order valence-electron chi connectivity index (χ2n) is 4.86. The second-order valence-corrected chi connectivity index (χ2v) is 4.86. The van der Waals surface area contributed by atoms with Crippen molar-refractivity contribution < 1.29 is 0 Å². The number of rotatable bonds is 2. The molecule has 0 aromatic carbocycles. The molecule has 1 aliphatic heterocycles. The Labute approximate surface area is 102 Å². The Morgan fingerprint density at radius 1 is 1.29 bits per heavy atom. The Kier molecular flexibility index (Phi) is 3.38. The van der Waals surface area contributed by atoms with Gasteiger partial charge in [0.05, 0.1) is 17.6 Å². The molecule has 1 aromatic rings. The topological polar surface area (TPSA) is 71.4 Å². The van der Waals surface area contributed by atoms with Gasteiger partial charge in [-0.3, -0.25) is 0 Å². The number of aromatic nitrogens is 1. The van der Waals surface area contributed by atoms with Crippen LogP contribution in [0.1, 0.15) is 12.8 Å². The lowest BCUT2D eigenvalue weighted by atomic mass is 10.0. The molecule has 2 heterocycles. The predicted octanol–water partition coefficient (Wildman–Crippen LogP) is 0.776. The third kappa shape index (κ3) is 2.61. The number of pyridine rings is 1. The fourth-order valence-corrected chi connectivity index (χ4v) is 2.35. The standard InChI is InChI=1S/C12H21N5/c1-16(2)10-3-5-17(6-4-10)12-11(14)7-9(13)8-15-12/h7-8,10H,3-6,13-14H2,1-2H3. The molecule has 0 atom stereocenters. The van der Waals surface area contributed by atoms with Crippen molar-refractivity contribution in [1.29, 1.82) is 0 Å². The van der Waals surface area contributed by atoms with Crippen LogP contribution in [0, 0.1) is 0 Å². The zero-order chi connectivity index (χ0) is 12.4. The van der Waals surface area contributed by atoms with E-state index in [-0.39, 0.29) is 0 Å². The number of hydrogen-bond acceptors (Lipinski definition) is 5. The molecule has 0 amide bonds. The van der Waals surface area contributed by atoms with E-state index in [2.05, 4.69) is 28.9 Å². The first-order valence-corrected chi connectivity index (χ1v) is 6.00. The molecule has 2 rings (SSSR count). The molecule has 1 fully saturated rings. The van der Waals surface area contributed by atoms with Gasteiger partial charge in [0.2, 0.25) is 0 Å². The molecule has 0 saturated carbocycles. The third-order valence-electron chi connectivity index (χ3n) is 3.41. The van der Waals surface area contributed by atoms with E-state index in [1.165, 1.54) is 0 Å². The highest BCUT2D eigenvalue weighted by molar-refractivity contribution is 5.67. The number of nitrogen functional groups attached to an aromatic ring is 2. The lowest BCUT2D eigenvalue weighted by molar-refractivity contribution is 0.249. The summed E-state index contributed by atoms with van der Waals surface area (Å²) in [5, 5.41) is 0. The fourth-order valence-electron chi connectivity index (χ4n) is 2.35. The molecule has 1 aromatic heterocycles. The van der Waals surface area contributed by atoms with Gasteiger partial charge in [-0.25, -0.2) is 4.98 Å². The highest BCUT2D eigenvalue weighted by atomic mass is 15.2. The molecule has 1 saturated heterocycles. The number of hydrogen-bond donors (Lipinski definition) is 2. The van der Waals surface area contributed by atoms with E-state index in [1.807, 2.05) is 0 Å². The minimum atomic E-state index is 0.620. The molecule has 0 spiro atoms. The molecule has 0 radical (unpaired) electrons. The molecule has 4 N–H and O–H groups in total. The van der Waals surface area contributed by atoms with Crippen molar-refractivity contribution in [2.45, 2.75) is 18.9 Å². The van der Waals surface area contributed by atoms with Crippen molar-refractivity contribution >= 4 is 17.2 Å². The number of anilines is 3. The van der Waals surface area contributed by atoms with Crippen LogP contribution in [0.4, 0.5) is 17.2 Å². The van der Waals surface area contributed by atoms with Crippen LogP contribution >= 0.6 is 0 Å². The van der Waals surface area contributed by atoms with Crippen LogP contribution in [-0.2, 0) is 0 Å². The summed E-state index contributed by atoms with van der Waals surface area (Å²) in [6.45, 7) is 2.01. The van der Waals surface area contributed by atoms with Crippen molar-refractivity contribution in [2.24, 2.45) is 0 Å². The molecule has 0 aliphatic carbocycles. The SMILES string of the molecule is CN(C)C1CCN(c2ncc(N)cc2N)CC1. The first kappa shape index (κ1) is 12.0. The number of nitrogens with two attached hydrogens (primary N) is 2. The smallest absolute Gasteiger partial charge is 0.151 e. The highest BCUT2D eigenvalue weighted by Gasteiger charge is 2.22. The summed E-state index contributed by atoms with van der Waals surface area (Å²) in [4.78, 5) is 8.87. The Bertz CT molecular complexity index is 382. The minimum Gasteiger partial charge on any atom is -0.397 e. The fraction of sp³-hybridized carbons (Fsp3) is 0.583. The quantitative estimate of drug-likeness (QED) is 0.792. The monoisotopic (exact) mass is 235 g/mol. The second kappa shape index (κ2) is 4.79. The Balaban J connectivity index is 2.05. The van der Waals surface area contributed by atoms with Crippen molar-refractivity contribution in [3.05, 3.63) is 12.3 Å². The van der Waals surface area contributed by atoms with E-state index < -0.39 is 0 Å². The molecule has 0 unspecified atom stereocenters. The highest BCUT2D eigenvalue weighted by Crippen LogP contribution is 2.26. The number of nitrogens with zero attached hydrogens (tertiary/aromatic N) is 3. The van der Waals surface area contributed by atoms with Crippen LogP contribution in [0.3, 0.4) is 0 Å². The predicted molar refractivity (Wildman–Crippen MR) is 72.0 cm³/mol. The first-order valence-electron chi connectivity index (χ1n) is 6.00. The van der Waals surface area contributed by atoms with Crippen LogP contribution in [0.25, 0.3) is 0 Å². The average molecular weight is 235 g/mol. The Morgan fingerprint density at radius 3 is 2.47 bits per heavy atom. The molecule has 0 bridgehead atoms. The summed E-state index contributed by atoms with van der Waals surface area (Å²) < 4.78 is 0. The molecule has 1 aliphatic rings. The largest absolute Gasteiger partial charge is 0.397 e. The zero-order valence-corrected chi connectivity index (χ0v) is 10.6. The summed E-state index contributed by atoms with van der Waals surface area (Å²) in [7, 11) is 4.27. The lowest BCUT2D eigenvalue weighted by Crippen LogP contribution is -2.42. The first-order chi connectivity index (χ1) is 8.08. The zero-order valence-electron chi connectivity index (χ0n) is 10.6.